The van der Waals surface area contributed by atoms with Crippen LogP contribution < -0.4 is 5.73 Å². The molecule has 0 heterocycles. The van der Waals surface area contributed by atoms with Crippen LogP contribution >= 0.6 is 0 Å². The molecule has 1 aliphatic rings. The fourth-order valence-electron chi connectivity index (χ4n) is 2.30. The van der Waals surface area contributed by atoms with Crippen molar-refractivity contribution < 1.29 is 15.0 Å². The van der Waals surface area contributed by atoms with E-state index in [9.17, 15) is 9.90 Å². The molecule has 0 spiro atoms. The third kappa shape index (κ3) is 4.62. The van der Waals surface area contributed by atoms with Crippen molar-refractivity contribution >= 4 is 5.97 Å². The van der Waals surface area contributed by atoms with E-state index in [2.05, 4.69) is 0 Å². The van der Waals surface area contributed by atoms with Gasteiger partial charge in [0.15, 0.2) is 0 Å². The molecule has 1 fully saturated rings. The second-order valence-electron chi connectivity index (χ2n) is 4.57. The standard InChI is InChI=1S/C11H21NO3/c12-9(10(13)7-11(14)15)6-8-4-2-1-3-5-8/h8-10,13H,1-7,12H2,(H,14,15)/t9-,10?/m0/s1. The highest BCUT2D eigenvalue weighted by atomic mass is 16.4. The van der Waals surface area contributed by atoms with E-state index in [0.29, 0.717) is 5.92 Å². The molecule has 0 bridgehead atoms. The van der Waals surface area contributed by atoms with E-state index in [1.807, 2.05) is 0 Å². The molecule has 1 saturated carbocycles. The summed E-state index contributed by atoms with van der Waals surface area (Å²) in [6, 6.07) is -0.385. The lowest BCUT2D eigenvalue weighted by Gasteiger charge is -2.26. The Morgan fingerprint density at radius 1 is 1.33 bits per heavy atom. The average molecular weight is 215 g/mol. The number of rotatable bonds is 5. The average Bonchev–Trinajstić information content (AvgIpc) is 2.18. The van der Waals surface area contributed by atoms with Gasteiger partial charge in [-0.3, -0.25) is 4.79 Å². The maximum absolute atomic E-state index is 10.4. The molecule has 1 rings (SSSR count). The summed E-state index contributed by atoms with van der Waals surface area (Å²) in [5, 5.41) is 18.0. The Kier molecular flexibility index (Phi) is 5.05. The molecule has 4 N–H and O–H groups in total. The second-order valence-corrected chi connectivity index (χ2v) is 4.57. The highest BCUT2D eigenvalue weighted by molar-refractivity contribution is 5.67. The predicted octanol–water partition coefficient (Wildman–Crippen LogP) is 1.12. The maximum atomic E-state index is 10.4. The third-order valence-corrected chi connectivity index (χ3v) is 3.21. The Morgan fingerprint density at radius 3 is 2.47 bits per heavy atom. The number of hydrogen-bond acceptors (Lipinski definition) is 3. The Labute approximate surface area is 90.5 Å². The molecular formula is C11H21NO3. The molecule has 0 saturated heterocycles. The summed E-state index contributed by atoms with van der Waals surface area (Å²) in [4.78, 5) is 10.4. The van der Waals surface area contributed by atoms with Crippen LogP contribution in [0.15, 0.2) is 0 Å². The van der Waals surface area contributed by atoms with Gasteiger partial charge in [-0.05, 0) is 12.3 Å². The molecule has 2 atom stereocenters. The van der Waals surface area contributed by atoms with Crippen molar-refractivity contribution in [3.8, 4) is 0 Å². The lowest BCUT2D eigenvalue weighted by molar-refractivity contribution is -0.139. The first kappa shape index (κ1) is 12.5. The first-order valence-electron chi connectivity index (χ1n) is 5.75. The summed E-state index contributed by atoms with van der Waals surface area (Å²) < 4.78 is 0. The van der Waals surface area contributed by atoms with Crippen molar-refractivity contribution in [2.75, 3.05) is 0 Å². The zero-order valence-corrected chi connectivity index (χ0v) is 9.06. The quantitative estimate of drug-likeness (QED) is 0.641. The summed E-state index contributed by atoms with van der Waals surface area (Å²) in [5.74, 6) is -0.404. The van der Waals surface area contributed by atoms with Crippen molar-refractivity contribution in [1.82, 2.24) is 0 Å². The molecule has 1 aliphatic carbocycles. The van der Waals surface area contributed by atoms with Crippen LogP contribution in [0.1, 0.15) is 44.9 Å². The van der Waals surface area contributed by atoms with Gasteiger partial charge in [0.25, 0.3) is 0 Å². The van der Waals surface area contributed by atoms with Gasteiger partial charge in [-0.25, -0.2) is 0 Å². The summed E-state index contributed by atoms with van der Waals surface area (Å²) in [6.45, 7) is 0. The van der Waals surface area contributed by atoms with E-state index < -0.39 is 12.1 Å². The Hall–Kier alpha value is -0.610. The van der Waals surface area contributed by atoms with E-state index in [4.69, 9.17) is 10.8 Å². The largest absolute Gasteiger partial charge is 0.481 e. The maximum Gasteiger partial charge on any atom is 0.306 e. The van der Waals surface area contributed by atoms with Crippen molar-refractivity contribution in [2.45, 2.75) is 57.1 Å². The van der Waals surface area contributed by atoms with Gasteiger partial charge in [0.2, 0.25) is 0 Å². The van der Waals surface area contributed by atoms with E-state index in [1.54, 1.807) is 0 Å². The fourth-order valence-corrected chi connectivity index (χ4v) is 2.30. The minimum atomic E-state index is -0.985. The highest BCUT2D eigenvalue weighted by Crippen LogP contribution is 2.27. The van der Waals surface area contributed by atoms with Gasteiger partial charge >= 0.3 is 5.97 Å². The van der Waals surface area contributed by atoms with Gasteiger partial charge in [-0.1, -0.05) is 32.1 Å². The monoisotopic (exact) mass is 215 g/mol. The zero-order valence-electron chi connectivity index (χ0n) is 9.06. The molecular weight excluding hydrogens is 194 g/mol. The van der Waals surface area contributed by atoms with Crippen LogP contribution in [0.4, 0.5) is 0 Å². The number of carboxylic acid groups (broad SMARTS) is 1. The lowest BCUT2D eigenvalue weighted by atomic mass is 9.83. The fraction of sp³-hybridized carbons (Fsp3) is 0.909. The topological polar surface area (TPSA) is 83.5 Å². The summed E-state index contributed by atoms with van der Waals surface area (Å²) in [5.41, 5.74) is 5.78. The first-order valence-corrected chi connectivity index (χ1v) is 5.75. The van der Waals surface area contributed by atoms with Crippen LogP contribution in [0.2, 0.25) is 0 Å². The van der Waals surface area contributed by atoms with Gasteiger partial charge in [-0.15, -0.1) is 0 Å². The third-order valence-electron chi connectivity index (χ3n) is 3.21. The van der Waals surface area contributed by atoms with Gasteiger partial charge in [0.05, 0.1) is 12.5 Å². The van der Waals surface area contributed by atoms with Crippen molar-refractivity contribution in [1.29, 1.82) is 0 Å². The number of nitrogens with two attached hydrogens (primary N) is 1. The molecule has 0 amide bonds. The molecule has 1 unspecified atom stereocenters. The van der Waals surface area contributed by atoms with Crippen LogP contribution in [-0.2, 0) is 4.79 Å². The van der Waals surface area contributed by atoms with Crippen molar-refractivity contribution in [3.05, 3.63) is 0 Å². The van der Waals surface area contributed by atoms with E-state index in [-0.39, 0.29) is 12.5 Å². The lowest BCUT2D eigenvalue weighted by Crippen LogP contribution is -2.38. The summed E-state index contributed by atoms with van der Waals surface area (Å²) >= 11 is 0. The molecule has 0 aromatic rings. The number of aliphatic hydroxyl groups excluding tert-OH is 1. The first-order chi connectivity index (χ1) is 7.09. The molecule has 88 valence electrons. The van der Waals surface area contributed by atoms with Crippen molar-refractivity contribution in [3.63, 3.8) is 0 Å². The number of aliphatic carboxylic acids is 1. The molecule has 0 aromatic carbocycles. The molecule has 0 aliphatic heterocycles. The smallest absolute Gasteiger partial charge is 0.306 e. The van der Waals surface area contributed by atoms with Crippen LogP contribution in [-0.4, -0.2) is 28.3 Å². The zero-order chi connectivity index (χ0) is 11.3. The summed E-state index contributed by atoms with van der Waals surface area (Å²) in [6.07, 6.45) is 5.75. The molecule has 0 aromatic heterocycles. The van der Waals surface area contributed by atoms with E-state index >= 15 is 0 Å². The minimum absolute atomic E-state index is 0.242. The van der Waals surface area contributed by atoms with E-state index in [0.717, 1.165) is 6.42 Å². The van der Waals surface area contributed by atoms with Crippen LogP contribution in [0.5, 0.6) is 0 Å². The number of aliphatic hydroxyl groups is 1. The Balaban J connectivity index is 2.26. The highest BCUT2D eigenvalue weighted by Gasteiger charge is 2.23. The number of carbonyl (C=O) groups is 1. The molecule has 4 nitrogen and oxygen atoms in total. The second kappa shape index (κ2) is 6.08. The number of hydrogen-bond donors (Lipinski definition) is 3. The summed E-state index contributed by atoms with van der Waals surface area (Å²) in [7, 11) is 0. The Bertz CT molecular complexity index is 202. The van der Waals surface area contributed by atoms with Gasteiger partial charge < -0.3 is 15.9 Å². The molecule has 0 radical (unpaired) electrons. The van der Waals surface area contributed by atoms with Crippen LogP contribution in [0.25, 0.3) is 0 Å². The van der Waals surface area contributed by atoms with Crippen LogP contribution in [0.3, 0.4) is 0 Å². The number of carboxylic acids is 1. The molecule has 4 heteroatoms. The van der Waals surface area contributed by atoms with Gasteiger partial charge in [0, 0.05) is 6.04 Å². The van der Waals surface area contributed by atoms with Gasteiger partial charge in [0.1, 0.15) is 0 Å². The predicted molar refractivity (Wildman–Crippen MR) is 57.4 cm³/mol. The molecule has 15 heavy (non-hydrogen) atoms. The Morgan fingerprint density at radius 2 is 1.93 bits per heavy atom. The minimum Gasteiger partial charge on any atom is -0.481 e. The SMILES string of the molecule is N[C@@H](CC1CCCCC1)C(O)CC(=O)O. The van der Waals surface area contributed by atoms with E-state index in [1.165, 1.54) is 32.1 Å². The normalized spacial score (nSPS) is 22.3. The van der Waals surface area contributed by atoms with Crippen molar-refractivity contribution in [2.24, 2.45) is 11.7 Å². The van der Waals surface area contributed by atoms with Crippen LogP contribution in [0, 0.1) is 5.92 Å². The van der Waals surface area contributed by atoms with Gasteiger partial charge in [-0.2, -0.15) is 0 Å².